The number of halogens is 1. The Kier molecular flexibility index (Phi) is 3.30. The fourth-order valence-corrected chi connectivity index (χ4v) is 2.89. The van der Waals surface area contributed by atoms with Gasteiger partial charge in [0.1, 0.15) is 0 Å². The highest BCUT2D eigenvalue weighted by molar-refractivity contribution is 6.32. The van der Waals surface area contributed by atoms with Crippen LogP contribution in [0.25, 0.3) is 0 Å². The van der Waals surface area contributed by atoms with E-state index in [2.05, 4.69) is 13.8 Å². The predicted molar refractivity (Wildman–Crippen MR) is 64.6 cm³/mol. The van der Waals surface area contributed by atoms with Crippen LogP contribution in [0.3, 0.4) is 0 Å². The molecule has 0 atom stereocenters. The summed E-state index contributed by atoms with van der Waals surface area (Å²) in [5, 5.41) is 1.01. The zero-order chi connectivity index (χ0) is 10.8. The number of fused-ring (bicyclic) bond motifs is 1. The van der Waals surface area contributed by atoms with Gasteiger partial charge in [-0.15, -0.1) is 0 Å². The second-order valence-corrected chi connectivity index (χ2v) is 4.57. The van der Waals surface area contributed by atoms with Gasteiger partial charge in [0.15, 0.2) is 0 Å². The van der Waals surface area contributed by atoms with Crippen molar-refractivity contribution < 1.29 is 0 Å². The third kappa shape index (κ3) is 1.90. The molecule has 1 aromatic rings. The molecule has 1 heterocycles. The van der Waals surface area contributed by atoms with Crippen LogP contribution in [-0.2, 0) is 25.7 Å². The van der Waals surface area contributed by atoms with Gasteiger partial charge < -0.3 is 0 Å². The van der Waals surface area contributed by atoms with Crippen LogP contribution in [0.15, 0.2) is 0 Å². The molecule has 0 unspecified atom stereocenters. The Morgan fingerprint density at radius 1 is 1.13 bits per heavy atom. The zero-order valence-corrected chi connectivity index (χ0v) is 10.3. The molecule has 0 aromatic carbocycles. The summed E-state index contributed by atoms with van der Waals surface area (Å²) in [4.78, 5) is 4.78. The standard InChI is InChI=1S/C13H18ClN/c1-3-9-11(4-2)15-12-8-6-5-7-10(12)13(9)14/h3-8H2,1-2H3. The molecule has 0 saturated carbocycles. The number of rotatable bonds is 2. The van der Waals surface area contributed by atoms with Gasteiger partial charge in [-0.25, -0.2) is 0 Å². The second-order valence-electron chi connectivity index (χ2n) is 4.19. The van der Waals surface area contributed by atoms with E-state index in [1.54, 1.807) is 0 Å². The molecule has 15 heavy (non-hydrogen) atoms. The average molecular weight is 224 g/mol. The Balaban J connectivity index is 2.57. The first-order valence-electron chi connectivity index (χ1n) is 5.96. The SMILES string of the molecule is CCc1nc2c(c(Cl)c1CC)CCCC2. The number of hydrogen-bond acceptors (Lipinski definition) is 1. The predicted octanol–water partition coefficient (Wildman–Crippen LogP) is 3.74. The maximum atomic E-state index is 6.47. The van der Waals surface area contributed by atoms with Crippen LogP contribution in [0.4, 0.5) is 0 Å². The summed E-state index contributed by atoms with van der Waals surface area (Å²) in [6.07, 6.45) is 6.77. The Morgan fingerprint density at radius 3 is 2.53 bits per heavy atom. The number of hydrogen-bond donors (Lipinski definition) is 0. The van der Waals surface area contributed by atoms with E-state index >= 15 is 0 Å². The summed E-state index contributed by atoms with van der Waals surface area (Å²) >= 11 is 6.47. The van der Waals surface area contributed by atoms with Gasteiger partial charge in [0.2, 0.25) is 0 Å². The van der Waals surface area contributed by atoms with Gasteiger partial charge in [-0.05, 0) is 49.7 Å². The lowest BCUT2D eigenvalue weighted by Crippen LogP contribution is -2.11. The van der Waals surface area contributed by atoms with Crippen LogP contribution in [0.5, 0.6) is 0 Å². The molecule has 0 N–H and O–H groups in total. The summed E-state index contributed by atoms with van der Waals surface area (Å²) < 4.78 is 0. The molecule has 0 radical (unpaired) electrons. The lowest BCUT2D eigenvalue weighted by molar-refractivity contribution is 0.660. The van der Waals surface area contributed by atoms with E-state index in [1.165, 1.54) is 35.4 Å². The van der Waals surface area contributed by atoms with Crippen molar-refractivity contribution in [1.82, 2.24) is 4.98 Å². The van der Waals surface area contributed by atoms with E-state index in [9.17, 15) is 0 Å². The third-order valence-electron chi connectivity index (χ3n) is 3.28. The monoisotopic (exact) mass is 223 g/mol. The largest absolute Gasteiger partial charge is 0.257 e. The molecule has 2 rings (SSSR count). The molecule has 82 valence electrons. The molecular formula is C13H18ClN. The van der Waals surface area contributed by atoms with Crippen molar-refractivity contribution in [1.29, 1.82) is 0 Å². The van der Waals surface area contributed by atoms with Gasteiger partial charge in [0, 0.05) is 11.4 Å². The summed E-state index contributed by atoms with van der Waals surface area (Å²) in [5.74, 6) is 0. The summed E-state index contributed by atoms with van der Waals surface area (Å²) in [5.41, 5.74) is 5.08. The summed E-state index contributed by atoms with van der Waals surface area (Å²) in [6, 6.07) is 0. The summed E-state index contributed by atoms with van der Waals surface area (Å²) in [7, 11) is 0. The van der Waals surface area contributed by atoms with Crippen molar-refractivity contribution in [3.63, 3.8) is 0 Å². The van der Waals surface area contributed by atoms with E-state index in [1.807, 2.05) is 0 Å². The quantitative estimate of drug-likeness (QED) is 0.745. The van der Waals surface area contributed by atoms with Crippen molar-refractivity contribution in [2.24, 2.45) is 0 Å². The van der Waals surface area contributed by atoms with Crippen LogP contribution in [-0.4, -0.2) is 4.98 Å². The van der Waals surface area contributed by atoms with E-state index in [0.717, 1.165) is 30.7 Å². The smallest absolute Gasteiger partial charge is 0.0506 e. The molecule has 1 aliphatic carbocycles. The first kappa shape index (κ1) is 10.9. The molecule has 1 aromatic heterocycles. The van der Waals surface area contributed by atoms with E-state index in [-0.39, 0.29) is 0 Å². The normalized spacial score (nSPS) is 15.1. The molecule has 0 bridgehead atoms. The molecule has 2 heteroatoms. The first-order chi connectivity index (χ1) is 7.27. The lowest BCUT2D eigenvalue weighted by atomic mass is 9.93. The lowest BCUT2D eigenvalue weighted by Gasteiger charge is -2.20. The summed E-state index contributed by atoms with van der Waals surface area (Å²) in [6.45, 7) is 4.32. The molecule has 0 fully saturated rings. The van der Waals surface area contributed by atoms with Crippen molar-refractivity contribution in [2.45, 2.75) is 52.4 Å². The van der Waals surface area contributed by atoms with E-state index in [4.69, 9.17) is 16.6 Å². The van der Waals surface area contributed by atoms with Crippen molar-refractivity contribution in [3.8, 4) is 0 Å². The molecule has 0 amide bonds. The van der Waals surface area contributed by atoms with Crippen molar-refractivity contribution >= 4 is 11.6 Å². The molecule has 0 spiro atoms. The number of nitrogens with zero attached hydrogens (tertiary/aromatic N) is 1. The highest BCUT2D eigenvalue weighted by Gasteiger charge is 2.18. The second kappa shape index (κ2) is 4.52. The molecule has 1 nitrogen and oxygen atoms in total. The number of pyridine rings is 1. The van der Waals surface area contributed by atoms with Crippen LogP contribution < -0.4 is 0 Å². The Morgan fingerprint density at radius 2 is 1.87 bits per heavy atom. The van der Waals surface area contributed by atoms with Gasteiger partial charge in [0.25, 0.3) is 0 Å². The minimum Gasteiger partial charge on any atom is -0.257 e. The fraction of sp³-hybridized carbons (Fsp3) is 0.615. The Hall–Kier alpha value is -0.560. The minimum absolute atomic E-state index is 0.996. The van der Waals surface area contributed by atoms with Gasteiger partial charge in [-0.1, -0.05) is 25.4 Å². The average Bonchev–Trinajstić information content (AvgIpc) is 2.29. The first-order valence-corrected chi connectivity index (χ1v) is 6.34. The molecule has 1 aliphatic rings. The molecule has 0 aliphatic heterocycles. The maximum Gasteiger partial charge on any atom is 0.0506 e. The Bertz CT molecular complexity index is 357. The van der Waals surface area contributed by atoms with Crippen LogP contribution in [0.2, 0.25) is 5.02 Å². The molecular weight excluding hydrogens is 206 g/mol. The van der Waals surface area contributed by atoms with Crippen LogP contribution >= 0.6 is 11.6 Å². The molecule has 0 saturated heterocycles. The van der Waals surface area contributed by atoms with Gasteiger partial charge >= 0.3 is 0 Å². The third-order valence-corrected chi connectivity index (χ3v) is 3.73. The minimum atomic E-state index is 0.996. The van der Waals surface area contributed by atoms with Gasteiger partial charge in [-0.2, -0.15) is 0 Å². The topological polar surface area (TPSA) is 12.9 Å². The van der Waals surface area contributed by atoms with Crippen LogP contribution in [0.1, 0.15) is 49.2 Å². The van der Waals surface area contributed by atoms with Crippen molar-refractivity contribution in [3.05, 3.63) is 27.5 Å². The van der Waals surface area contributed by atoms with Gasteiger partial charge in [0.05, 0.1) is 5.02 Å². The highest BCUT2D eigenvalue weighted by Crippen LogP contribution is 2.31. The zero-order valence-electron chi connectivity index (χ0n) is 9.57. The highest BCUT2D eigenvalue weighted by atomic mass is 35.5. The fourth-order valence-electron chi connectivity index (χ4n) is 2.44. The van der Waals surface area contributed by atoms with Crippen LogP contribution in [0, 0.1) is 0 Å². The van der Waals surface area contributed by atoms with E-state index in [0.29, 0.717) is 0 Å². The number of aromatic nitrogens is 1. The van der Waals surface area contributed by atoms with E-state index < -0.39 is 0 Å². The maximum absolute atomic E-state index is 6.47. The van der Waals surface area contributed by atoms with Gasteiger partial charge in [-0.3, -0.25) is 4.98 Å². The number of aryl methyl sites for hydroxylation is 2. The Labute approximate surface area is 96.9 Å². The van der Waals surface area contributed by atoms with Crippen molar-refractivity contribution in [2.75, 3.05) is 0 Å².